The van der Waals surface area contributed by atoms with Crippen molar-refractivity contribution in [2.75, 3.05) is 14.2 Å². The van der Waals surface area contributed by atoms with Gasteiger partial charge in [-0.25, -0.2) is 9.59 Å². The number of aliphatic carboxylic acids is 1. The number of carboxylic acid groups (broad SMARTS) is 1. The lowest BCUT2D eigenvalue weighted by Crippen LogP contribution is -2.08. The Morgan fingerprint density at radius 1 is 1.04 bits per heavy atom. The van der Waals surface area contributed by atoms with Crippen molar-refractivity contribution in [2.24, 2.45) is 0 Å². The molecule has 0 saturated heterocycles. The van der Waals surface area contributed by atoms with Crippen LogP contribution in [0.5, 0.6) is 5.75 Å². The zero-order valence-electron chi connectivity index (χ0n) is 13.7. The van der Waals surface area contributed by atoms with E-state index in [1.807, 2.05) is 25.1 Å². The number of carboxylic acids is 1. The van der Waals surface area contributed by atoms with Crippen LogP contribution in [0.1, 0.15) is 21.5 Å². The van der Waals surface area contributed by atoms with Gasteiger partial charge in [-0.15, -0.1) is 0 Å². The maximum absolute atomic E-state index is 12.3. The van der Waals surface area contributed by atoms with Crippen molar-refractivity contribution in [1.29, 1.82) is 0 Å². The second kappa shape index (κ2) is 7.46. The van der Waals surface area contributed by atoms with Crippen molar-refractivity contribution >= 4 is 18.0 Å². The SMILES string of the molecule is COC(=O)c1c(C=CC(=O)O)ccc(C)c1-c1ccc(OC)cc1. The first-order chi connectivity index (χ1) is 11.5. The minimum atomic E-state index is -1.09. The summed E-state index contributed by atoms with van der Waals surface area (Å²) in [5.41, 5.74) is 3.23. The Labute approximate surface area is 140 Å². The lowest BCUT2D eigenvalue weighted by molar-refractivity contribution is -0.131. The van der Waals surface area contributed by atoms with Crippen molar-refractivity contribution < 1.29 is 24.2 Å². The molecule has 0 aromatic heterocycles. The van der Waals surface area contributed by atoms with Crippen LogP contribution in [-0.4, -0.2) is 31.3 Å². The molecule has 0 radical (unpaired) electrons. The van der Waals surface area contributed by atoms with Gasteiger partial charge < -0.3 is 14.6 Å². The van der Waals surface area contributed by atoms with E-state index in [2.05, 4.69) is 0 Å². The highest BCUT2D eigenvalue weighted by Gasteiger charge is 2.19. The topological polar surface area (TPSA) is 72.8 Å². The average molecular weight is 326 g/mol. The van der Waals surface area contributed by atoms with Crippen molar-refractivity contribution in [3.8, 4) is 16.9 Å². The molecule has 0 fully saturated rings. The number of aryl methyl sites for hydroxylation is 1. The minimum Gasteiger partial charge on any atom is -0.497 e. The summed E-state index contributed by atoms with van der Waals surface area (Å²) in [5, 5.41) is 8.84. The molecule has 0 aliphatic rings. The Hall–Kier alpha value is -3.08. The van der Waals surface area contributed by atoms with Crippen LogP contribution in [0.15, 0.2) is 42.5 Å². The fourth-order valence-electron chi connectivity index (χ4n) is 2.47. The van der Waals surface area contributed by atoms with E-state index in [4.69, 9.17) is 14.6 Å². The van der Waals surface area contributed by atoms with Gasteiger partial charge in [-0.1, -0.05) is 24.3 Å². The molecule has 0 bridgehead atoms. The summed E-state index contributed by atoms with van der Waals surface area (Å²) < 4.78 is 10.1. The molecule has 0 aliphatic heterocycles. The van der Waals surface area contributed by atoms with Gasteiger partial charge in [0.05, 0.1) is 19.8 Å². The number of hydrogen-bond donors (Lipinski definition) is 1. The van der Waals surface area contributed by atoms with Gasteiger partial charge >= 0.3 is 11.9 Å². The molecule has 5 nitrogen and oxygen atoms in total. The van der Waals surface area contributed by atoms with E-state index < -0.39 is 11.9 Å². The molecular formula is C19H18O5. The quantitative estimate of drug-likeness (QED) is 0.672. The Morgan fingerprint density at radius 2 is 1.71 bits per heavy atom. The van der Waals surface area contributed by atoms with Gasteiger partial charge in [-0.3, -0.25) is 0 Å². The molecule has 0 aliphatic carbocycles. The summed E-state index contributed by atoms with van der Waals surface area (Å²) in [7, 11) is 2.88. The monoisotopic (exact) mass is 326 g/mol. The van der Waals surface area contributed by atoms with Crippen LogP contribution in [-0.2, 0) is 9.53 Å². The molecular weight excluding hydrogens is 308 g/mol. The average Bonchev–Trinajstić information content (AvgIpc) is 2.59. The molecule has 24 heavy (non-hydrogen) atoms. The van der Waals surface area contributed by atoms with Crippen LogP contribution in [0.4, 0.5) is 0 Å². The number of carbonyl (C=O) groups is 2. The van der Waals surface area contributed by atoms with E-state index in [1.54, 1.807) is 25.3 Å². The maximum Gasteiger partial charge on any atom is 0.339 e. The number of rotatable bonds is 5. The van der Waals surface area contributed by atoms with E-state index in [-0.39, 0.29) is 0 Å². The van der Waals surface area contributed by atoms with Gasteiger partial charge in [-0.2, -0.15) is 0 Å². The highest BCUT2D eigenvalue weighted by atomic mass is 16.5. The number of methoxy groups -OCH3 is 2. The molecule has 5 heteroatoms. The largest absolute Gasteiger partial charge is 0.497 e. The highest BCUT2D eigenvalue weighted by Crippen LogP contribution is 2.32. The fraction of sp³-hybridized carbons (Fsp3) is 0.158. The Bertz CT molecular complexity index is 788. The molecule has 0 unspecified atom stereocenters. The van der Waals surface area contributed by atoms with E-state index in [0.29, 0.717) is 22.4 Å². The predicted molar refractivity (Wildman–Crippen MR) is 91.2 cm³/mol. The van der Waals surface area contributed by atoms with E-state index >= 15 is 0 Å². The lowest BCUT2D eigenvalue weighted by atomic mass is 9.91. The van der Waals surface area contributed by atoms with Gasteiger partial charge in [-0.05, 0) is 47.4 Å². The van der Waals surface area contributed by atoms with Gasteiger partial charge in [0.1, 0.15) is 5.75 Å². The molecule has 2 rings (SSSR count). The standard InChI is InChI=1S/C19H18O5/c1-12-4-5-14(8-11-16(20)21)18(19(22)24-3)17(12)13-6-9-15(23-2)10-7-13/h4-11H,1-3H3,(H,20,21). The van der Waals surface area contributed by atoms with Crippen LogP contribution >= 0.6 is 0 Å². The molecule has 2 aromatic carbocycles. The molecule has 1 N–H and O–H groups in total. The summed E-state index contributed by atoms with van der Waals surface area (Å²) in [4.78, 5) is 23.1. The van der Waals surface area contributed by atoms with E-state index in [0.717, 1.165) is 17.2 Å². The molecule has 0 spiro atoms. The third kappa shape index (κ3) is 3.63. The highest BCUT2D eigenvalue weighted by molar-refractivity contribution is 6.02. The predicted octanol–water partition coefficient (Wildman–Crippen LogP) is 3.56. The van der Waals surface area contributed by atoms with Crippen molar-refractivity contribution in [1.82, 2.24) is 0 Å². The first-order valence-corrected chi connectivity index (χ1v) is 7.25. The zero-order valence-corrected chi connectivity index (χ0v) is 13.7. The van der Waals surface area contributed by atoms with Crippen molar-refractivity contribution in [3.05, 3.63) is 59.2 Å². The Balaban J connectivity index is 2.69. The first kappa shape index (κ1) is 17.3. The smallest absolute Gasteiger partial charge is 0.339 e. The third-order valence-electron chi connectivity index (χ3n) is 3.62. The van der Waals surface area contributed by atoms with Crippen LogP contribution in [0.3, 0.4) is 0 Å². The summed E-state index contributed by atoms with van der Waals surface area (Å²) in [5.74, 6) is -0.898. The van der Waals surface area contributed by atoms with Gasteiger partial charge in [0, 0.05) is 6.08 Å². The number of benzene rings is 2. The molecule has 124 valence electrons. The molecule has 0 atom stereocenters. The summed E-state index contributed by atoms with van der Waals surface area (Å²) in [6.07, 6.45) is 2.38. The fourth-order valence-corrected chi connectivity index (χ4v) is 2.47. The number of carbonyl (C=O) groups excluding carboxylic acids is 1. The van der Waals surface area contributed by atoms with Crippen LogP contribution in [0.2, 0.25) is 0 Å². The molecule has 0 heterocycles. The van der Waals surface area contributed by atoms with Gasteiger partial charge in [0.15, 0.2) is 0 Å². The number of esters is 1. The molecule has 0 amide bonds. The van der Waals surface area contributed by atoms with Gasteiger partial charge in [0.2, 0.25) is 0 Å². The Kier molecular flexibility index (Phi) is 5.37. The second-order valence-electron chi connectivity index (χ2n) is 5.11. The third-order valence-corrected chi connectivity index (χ3v) is 3.62. The van der Waals surface area contributed by atoms with E-state index in [1.165, 1.54) is 13.2 Å². The van der Waals surface area contributed by atoms with Crippen LogP contribution in [0.25, 0.3) is 17.2 Å². The zero-order chi connectivity index (χ0) is 17.7. The summed E-state index contributed by atoms with van der Waals surface area (Å²) >= 11 is 0. The summed E-state index contributed by atoms with van der Waals surface area (Å²) in [6.45, 7) is 1.89. The van der Waals surface area contributed by atoms with Crippen molar-refractivity contribution in [2.45, 2.75) is 6.92 Å². The lowest BCUT2D eigenvalue weighted by Gasteiger charge is -2.15. The first-order valence-electron chi connectivity index (χ1n) is 7.25. The summed E-state index contributed by atoms with van der Waals surface area (Å²) in [6, 6.07) is 10.8. The minimum absolute atomic E-state index is 0.333. The van der Waals surface area contributed by atoms with Gasteiger partial charge in [0.25, 0.3) is 0 Å². The second-order valence-corrected chi connectivity index (χ2v) is 5.11. The number of ether oxygens (including phenoxy) is 2. The molecule has 2 aromatic rings. The number of hydrogen-bond acceptors (Lipinski definition) is 4. The van der Waals surface area contributed by atoms with Crippen LogP contribution in [0, 0.1) is 6.92 Å². The van der Waals surface area contributed by atoms with Crippen LogP contribution < -0.4 is 4.74 Å². The van der Waals surface area contributed by atoms with Crippen molar-refractivity contribution in [3.63, 3.8) is 0 Å². The maximum atomic E-state index is 12.3. The van der Waals surface area contributed by atoms with E-state index in [9.17, 15) is 9.59 Å². The molecule has 0 saturated carbocycles. The Morgan fingerprint density at radius 3 is 2.25 bits per heavy atom. The normalized spacial score (nSPS) is 10.6.